The predicted octanol–water partition coefficient (Wildman–Crippen LogP) is 2.27. The maximum absolute atomic E-state index is 2.67. The van der Waals surface area contributed by atoms with Crippen LogP contribution in [0.25, 0.3) is 0 Å². The zero-order valence-electron chi connectivity index (χ0n) is 7.93. The molecule has 1 aliphatic carbocycles. The van der Waals surface area contributed by atoms with E-state index in [2.05, 4.69) is 25.7 Å². The van der Waals surface area contributed by atoms with Crippen molar-refractivity contribution in [3.05, 3.63) is 0 Å². The van der Waals surface area contributed by atoms with E-state index in [1.807, 2.05) is 0 Å². The van der Waals surface area contributed by atoms with Gasteiger partial charge in [-0.05, 0) is 39.5 Å². The molecule has 2 atom stereocenters. The molecule has 0 amide bonds. The van der Waals surface area contributed by atoms with Crippen LogP contribution in [-0.4, -0.2) is 23.0 Å². The quantitative estimate of drug-likeness (QED) is 0.516. The Morgan fingerprint density at radius 3 is 2.45 bits per heavy atom. The zero-order chi connectivity index (χ0) is 8.06. The van der Waals surface area contributed by atoms with Gasteiger partial charge in [-0.15, -0.1) is 0 Å². The number of hydrogen-bond donors (Lipinski definition) is 0. The van der Waals surface area contributed by atoms with E-state index in [-0.39, 0.29) is 0 Å². The van der Waals surface area contributed by atoms with Crippen LogP contribution in [0.4, 0.5) is 0 Å². The van der Waals surface area contributed by atoms with E-state index in [9.17, 15) is 0 Å². The second-order valence-corrected chi connectivity index (χ2v) is 5.08. The maximum Gasteiger partial charge on any atom is 0.0141 e. The summed E-state index contributed by atoms with van der Waals surface area (Å²) in [7, 11) is 0. The van der Waals surface area contributed by atoms with Gasteiger partial charge in [-0.3, -0.25) is 4.90 Å². The lowest BCUT2D eigenvalue weighted by Gasteiger charge is -2.52. The molecule has 11 heavy (non-hydrogen) atoms. The largest absolute Gasteiger partial charge is 0.295 e. The minimum absolute atomic E-state index is 0.422. The van der Waals surface area contributed by atoms with Crippen molar-refractivity contribution < 1.29 is 0 Å². The van der Waals surface area contributed by atoms with Crippen LogP contribution in [0.1, 0.15) is 40.0 Å². The molecule has 1 nitrogen and oxygen atoms in total. The van der Waals surface area contributed by atoms with Crippen molar-refractivity contribution >= 4 is 0 Å². The monoisotopic (exact) mass is 153 g/mol. The fraction of sp³-hybridized carbons (Fsp3) is 1.00. The summed E-state index contributed by atoms with van der Waals surface area (Å²) in [5.41, 5.74) is 0.422. The van der Waals surface area contributed by atoms with E-state index in [4.69, 9.17) is 0 Å². The molecule has 2 aliphatic rings. The van der Waals surface area contributed by atoms with Crippen molar-refractivity contribution in [1.29, 1.82) is 0 Å². The summed E-state index contributed by atoms with van der Waals surface area (Å²) in [6.45, 7) is 8.37. The van der Waals surface area contributed by atoms with Gasteiger partial charge in [0.05, 0.1) is 0 Å². The van der Waals surface area contributed by atoms with Gasteiger partial charge in [-0.2, -0.15) is 0 Å². The third-order valence-corrected chi connectivity index (χ3v) is 3.31. The van der Waals surface area contributed by atoms with E-state index < -0.39 is 0 Å². The highest BCUT2D eigenvalue weighted by molar-refractivity contribution is 5.00. The lowest BCUT2D eigenvalue weighted by Crippen LogP contribution is -2.60. The first-order valence-corrected chi connectivity index (χ1v) is 4.86. The van der Waals surface area contributed by atoms with Gasteiger partial charge in [0, 0.05) is 18.1 Å². The van der Waals surface area contributed by atoms with Crippen molar-refractivity contribution in [2.24, 2.45) is 5.92 Å². The average molecular weight is 153 g/mol. The molecular weight excluding hydrogens is 134 g/mol. The average Bonchev–Trinajstić information content (AvgIpc) is 2.08. The molecule has 1 heterocycles. The van der Waals surface area contributed by atoms with E-state index in [1.165, 1.54) is 25.8 Å². The van der Waals surface area contributed by atoms with E-state index in [1.54, 1.807) is 0 Å². The Morgan fingerprint density at radius 1 is 1.18 bits per heavy atom. The molecule has 1 saturated carbocycles. The van der Waals surface area contributed by atoms with Gasteiger partial charge in [-0.25, -0.2) is 0 Å². The highest BCUT2D eigenvalue weighted by Gasteiger charge is 2.46. The lowest BCUT2D eigenvalue weighted by atomic mass is 9.86. The summed E-state index contributed by atoms with van der Waals surface area (Å²) < 4.78 is 0. The highest BCUT2D eigenvalue weighted by Crippen LogP contribution is 2.42. The van der Waals surface area contributed by atoms with Crippen molar-refractivity contribution in [1.82, 2.24) is 4.90 Å². The van der Waals surface area contributed by atoms with E-state index in [0.717, 1.165) is 12.0 Å². The Bertz CT molecular complexity index is 157. The Morgan fingerprint density at radius 2 is 1.91 bits per heavy atom. The molecule has 0 aromatic heterocycles. The van der Waals surface area contributed by atoms with Crippen LogP contribution in [0.3, 0.4) is 0 Å². The smallest absolute Gasteiger partial charge is 0.0141 e. The first-order chi connectivity index (χ1) is 5.09. The van der Waals surface area contributed by atoms with Crippen LogP contribution >= 0.6 is 0 Å². The molecule has 0 bridgehead atoms. The summed E-state index contributed by atoms with van der Waals surface area (Å²) in [6.07, 6.45) is 4.43. The molecule has 2 unspecified atom stereocenters. The second-order valence-electron chi connectivity index (χ2n) is 5.08. The molecule has 1 saturated heterocycles. The summed E-state index contributed by atoms with van der Waals surface area (Å²) in [6, 6.07) is 0.954. The fourth-order valence-electron chi connectivity index (χ4n) is 2.66. The zero-order valence-corrected chi connectivity index (χ0v) is 7.93. The lowest BCUT2D eigenvalue weighted by molar-refractivity contribution is -0.0366. The van der Waals surface area contributed by atoms with Gasteiger partial charge < -0.3 is 0 Å². The number of hydrogen-bond acceptors (Lipinski definition) is 1. The van der Waals surface area contributed by atoms with Crippen LogP contribution in [-0.2, 0) is 0 Å². The van der Waals surface area contributed by atoms with E-state index >= 15 is 0 Å². The molecular formula is C10H19N. The van der Waals surface area contributed by atoms with Gasteiger partial charge in [0.25, 0.3) is 0 Å². The molecule has 0 radical (unpaired) electrons. The van der Waals surface area contributed by atoms with Gasteiger partial charge >= 0.3 is 0 Å². The molecule has 1 aliphatic heterocycles. The van der Waals surface area contributed by atoms with Crippen LogP contribution in [0.2, 0.25) is 0 Å². The van der Waals surface area contributed by atoms with Gasteiger partial charge in [0.15, 0.2) is 0 Å². The molecule has 0 spiro atoms. The standard InChI is InChI=1S/C10H19N/c1-10(2,3)11-7-8-5-4-6-9(8)11/h8-9H,4-7H2,1-3H3. The normalized spacial score (nSPS) is 38.5. The number of likely N-dealkylation sites (tertiary alicyclic amines) is 1. The van der Waals surface area contributed by atoms with Crippen molar-refractivity contribution in [2.75, 3.05) is 6.54 Å². The van der Waals surface area contributed by atoms with Crippen LogP contribution in [0, 0.1) is 5.92 Å². The highest BCUT2D eigenvalue weighted by atomic mass is 15.3. The third kappa shape index (κ3) is 1.10. The summed E-state index contributed by atoms with van der Waals surface area (Å²) in [5, 5.41) is 0. The summed E-state index contributed by atoms with van der Waals surface area (Å²) in [4.78, 5) is 2.67. The number of nitrogens with zero attached hydrogens (tertiary/aromatic N) is 1. The summed E-state index contributed by atoms with van der Waals surface area (Å²) in [5.74, 6) is 1.06. The van der Waals surface area contributed by atoms with Crippen LogP contribution < -0.4 is 0 Å². The first kappa shape index (κ1) is 7.60. The minimum atomic E-state index is 0.422. The minimum Gasteiger partial charge on any atom is -0.295 e. The van der Waals surface area contributed by atoms with Gasteiger partial charge in [0.1, 0.15) is 0 Å². The molecule has 1 heteroatoms. The van der Waals surface area contributed by atoms with Crippen LogP contribution in [0.15, 0.2) is 0 Å². The fourth-order valence-corrected chi connectivity index (χ4v) is 2.66. The number of fused-ring (bicyclic) bond motifs is 1. The molecule has 2 rings (SSSR count). The Balaban J connectivity index is 2.00. The van der Waals surface area contributed by atoms with E-state index in [0.29, 0.717) is 5.54 Å². The first-order valence-electron chi connectivity index (χ1n) is 4.86. The Labute approximate surface area is 69.8 Å². The number of rotatable bonds is 0. The molecule has 0 aromatic rings. The van der Waals surface area contributed by atoms with Crippen LogP contribution in [0.5, 0.6) is 0 Å². The topological polar surface area (TPSA) is 3.24 Å². The van der Waals surface area contributed by atoms with Crippen molar-refractivity contribution in [2.45, 2.75) is 51.6 Å². The summed E-state index contributed by atoms with van der Waals surface area (Å²) >= 11 is 0. The molecule has 2 fully saturated rings. The van der Waals surface area contributed by atoms with Crippen molar-refractivity contribution in [3.63, 3.8) is 0 Å². The van der Waals surface area contributed by atoms with Gasteiger partial charge in [-0.1, -0.05) is 6.42 Å². The second kappa shape index (κ2) is 2.22. The predicted molar refractivity (Wildman–Crippen MR) is 47.6 cm³/mol. The molecule has 64 valence electrons. The van der Waals surface area contributed by atoms with Crippen molar-refractivity contribution in [3.8, 4) is 0 Å². The molecule has 0 aromatic carbocycles. The van der Waals surface area contributed by atoms with Gasteiger partial charge in [0.2, 0.25) is 0 Å². The Kier molecular flexibility index (Phi) is 1.54. The SMILES string of the molecule is CC(C)(C)N1CC2CCCC21. The maximum atomic E-state index is 2.67. The Hall–Kier alpha value is -0.0400. The molecule has 0 N–H and O–H groups in total. The third-order valence-electron chi connectivity index (χ3n) is 3.31.